The Balaban J connectivity index is 3.68. The van der Waals surface area contributed by atoms with E-state index in [-0.39, 0.29) is 5.91 Å². The van der Waals surface area contributed by atoms with Gasteiger partial charge in [0.05, 0.1) is 18.8 Å². The summed E-state index contributed by atoms with van der Waals surface area (Å²) in [4.78, 5) is 11.1. The SMILES string of the molecule is CNC(C)(CCOCCOC)C(N)=O. The first-order valence-electron chi connectivity index (χ1n) is 4.62. The van der Waals surface area contributed by atoms with Gasteiger partial charge in [0.25, 0.3) is 0 Å². The summed E-state index contributed by atoms with van der Waals surface area (Å²) in [6.45, 7) is 3.35. The number of methoxy groups -OCH3 is 1. The van der Waals surface area contributed by atoms with Crippen LogP contribution in [0.3, 0.4) is 0 Å². The van der Waals surface area contributed by atoms with E-state index in [4.69, 9.17) is 15.2 Å². The molecule has 0 radical (unpaired) electrons. The molecule has 1 amide bonds. The Morgan fingerprint density at radius 1 is 1.43 bits per heavy atom. The summed E-state index contributed by atoms with van der Waals surface area (Å²) >= 11 is 0. The van der Waals surface area contributed by atoms with Crippen molar-refractivity contribution in [3.63, 3.8) is 0 Å². The number of rotatable bonds is 8. The minimum absolute atomic E-state index is 0.365. The monoisotopic (exact) mass is 204 g/mol. The maximum Gasteiger partial charge on any atom is 0.237 e. The van der Waals surface area contributed by atoms with E-state index in [1.807, 2.05) is 0 Å². The second-order valence-electron chi connectivity index (χ2n) is 3.30. The molecular formula is C9H20N2O3. The van der Waals surface area contributed by atoms with Crippen molar-refractivity contribution in [2.45, 2.75) is 18.9 Å². The molecule has 0 heterocycles. The molecule has 0 spiro atoms. The van der Waals surface area contributed by atoms with Crippen molar-refractivity contribution < 1.29 is 14.3 Å². The lowest BCUT2D eigenvalue weighted by molar-refractivity contribution is -0.124. The first kappa shape index (κ1) is 13.4. The number of hydrogen-bond donors (Lipinski definition) is 2. The number of carbonyl (C=O) groups is 1. The Bertz CT molecular complexity index is 175. The zero-order chi connectivity index (χ0) is 11.0. The zero-order valence-corrected chi connectivity index (χ0v) is 9.13. The summed E-state index contributed by atoms with van der Waals surface area (Å²) in [7, 11) is 3.32. The molecule has 0 aliphatic carbocycles. The fourth-order valence-corrected chi connectivity index (χ4v) is 0.892. The van der Waals surface area contributed by atoms with Gasteiger partial charge in [0, 0.05) is 13.7 Å². The third-order valence-electron chi connectivity index (χ3n) is 2.27. The normalized spacial score (nSPS) is 15.1. The highest BCUT2D eigenvalue weighted by Gasteiger charge is 2.28. The molecule has 0 aliphatic heterocycles. The summed E-state index contributed by atoms with van der Waals surface area (Å²) in [6.07, 6.45) is 0.558. The van der Waals surface area contributed by atoms with Gasteiger partial charge in [0.2, 0.25) is 5.91 Å². The van der Waals surface area contributed by atoms with Gasteiger partial charge >= 0.3 is 0 Å². The third kappa shape index (κ3) is 4.55. The number of carbonyl (C=O) groups excluding carboxylic acids is 1. The fourth-order valence-electron chi connectivity index (χ4n) is 0.892. The lowest BCUT2D eigenvalue weighted by Crippen LogP contribution is -2.52. The van der Waals surface area contributed by atoms with Crippen molar-refractivity contribution in [3.05, 3.63) is 0 Å². The molecular weight excluding hydrogens is 184 g/mol. The average Bonchev–Trinajstić information content (AvgIpc) is 2.17. The molecule has 1 unspecified atom stereocenters. The van der Waals surface area contributed by atoms with E-state index in [0.717, 1.165) is 0 Å². The van der Waals surface area contributed by atoms with Gasteiger partial charge < -0.3 is 20.5 Å². The molecule has 5 nitrogen and oxygen atoms in total. The second kappa shape index (κ2) is 6.75. The van der Waals surface area contributed by atoms with E-state index < -0.39 is 5.54 Å². The van der Waals surface area contributed by atoms with Crippen LogP contribution < -0.4 is 11.1 Å². The molecule has 1 atom stereocenters. The number of nitrogens with two attached hydrogens (primary N) is 1. The van der Waals surface area contributed by atoms with Crippen LogP contribution in [0.1, 0.15) is 13.3 Å². The van der Waals surface area contributed by atoms with Crippen molar-refractivity contribution in [3.8, 4) is 0 Å². The molecule has 84 valence electrons. The predicted octanol–water partition coefficient (Wildman–Crippen LogP) is -0.497. The molecule has 0 aliphatic rings. The highest BCUT2D eigenvalue weighted by Crippen LogP contribution is 2.07. The molecule has 0 aromatic carbocycles. The number of ether oxygens (including phenoxy) is 2. The minimum atomic E-state index is -0.687. The maximum absolute atomic E-state index is 11.1. The number of amides is 1. The molecule has 3 N–H and O–H groups in total. The minimum Gasteiger partial charge on any atom is -0.382 e. The summed E-state index contributed by atoms with van der Waals surface area (Å²) in [6, 6.07) is 0. The van der Waals surface area contributed by atoms with Gasteiger partial charge in [-0.15, -0.1) is 0 Å². The first-order chi connectivity index (χ1) is 6.56. The third-order valence-corrected chi connectivity index (χ3v) is 2.27. The predicted molar refractivity (Wildman–Crippen MR) is 54.0 cm³/mol. The Hall–Kier alpha value is -0.650. The van der Waals surface area contributed by atoms with Crippen molar-refractivity contribution in [1.82, 2.24) is 5.32 Å². The van der Waals surface area contributed by atoms with Crippen LogP contribution in [-0.4, -0.2) is 45.4 Å². The Kier molecular flexibility index (Phi) is 6.44. The number of hydrogen-bond acceptors (Lipinski definition) is 4. The van der Waals surface area contributed by atoms with E-state index in [1.165, 1.54) is 0 Å². The van der Waals surface area contributed by atoms with Gasteiger partial charge in [-0.25, -0.2) is 0 Å². The molecule has 0 aromatic heterocycles. The zero-order valence-electron chi connectivity index (χ0n) is 9.13. The highest BCUT2D eigenvalue weighted by molar-refractivity contribution is 5.84. The Morgan fingerprint density at radius 2 is 2.07 bits per heavy atom. The largest absolute Gasteiger partial charge is 0.382 e. The van der Waals surface area contributed by atoms with Crippen molar-refractivity contribution in [2.75, 3.05) is 34.0 Å². The summed E-state index contributed by atoms with van der Waals surface area (Å²) in [5, 5.41) is 2.88. The molecule has 0 aromatic rings. The van der Waals surface area contributed by atoms with Crippen LogP contribution in [0.25, 0.3) is 0 Å². The fraction of sp³-hybridized carbons (Fsp3) is 0.889. The van der Waals surface area contributed by atoms with Crippen molar-refractivity contribution in [1.29, 1.82) is 0 Å². The lowest BCUT2D eigenvalue weighted by Gasteiger charge is -2.25. The lowest BCUT2D eigenvalue weighted by atomic mass is 9.98. The molecule has 0 bridgehead atoms. The topological polar surface area (TPSA) is 73.6 Å². The summed E-state index contributed by atoms with van der Waals surface area (Å²) in [5.74, 6) is -0.365. The molecule has 0 fully saturated rings. The van der Waals surface area contributed by atoms with E-state index in [9.17, 15) is 4.79 Å². The van der Waals surface area contributed by atoms with Crippen LogP contribution in [0.15, 0.2) is 0 Å². The van der Waals surface area contributed by atoms with Crippen LogP contribution in [0, 0.1) is 0 Å². The summed E-state index contributed by atoms with van der Waals surface area (Å²) in [5.41, 5.74) is 4.55. The maximum atomic E-state index is 11.1. The number of nitrogens with one attached hydrogen (secondary N) is 1. The first-order valence-corrected chi connectivity index (χ1v) is 4.62. The standard InChI is InChI=1S/C9H20N2O3/c1-9(11-2,8(10)12)4-5-14-7-6-13-3/h11H,4-7H2,1-3H3,(H2,10,12). The molecule has 0 rings (SSSR count). The van der Waals surface area contributed by atoms with Crippen LogP contribution in [-0.2, 0) is 14.3 Å². The molecule has 5 heteroatoms. The average molecular weight is 204 g/mol. The highest BCUT2D eigenvalue weighted by atomic mass is 16.5. The van der Waals surface area contributed by atoms with E-state index in [1.54, 1.807) is 21.1 Å². The molecule has 0 saturated heterocycles. The Morgan fingerprint density at radius 3 is 2.50 bits per heavy atom. The van der Waals surface area contributed by atoms with E-state index in [2.05, 4.69) is 5.32 Å². The van der Waals surface area contributed by atoms with Gasteiger partial charge in [-0.3, -0.25) is 4.79 Å². The van der Waals surface area contributed by atoms with E-state index >= 15 is 0 Å². The van der Waals surface area contributed by atoms with E-state index in [0.29, 0.717) is 26.2 Å². The summed E-state index contributed by atoms with van der Waals surface area (Å²) < 4.78 is 10.1. The van der Waals surface area contributed by atoms with Crippen LogP contribution in [0.5, 0.6) is 0 Å². The second-order valence-corrected chi connectivity index (χ2v) is 3.30. The van der Waals surface area contributed by atoms with Crippen LogP contribution >= 0.6 is 0 Å². The van der Waals surface area contributed by atoms with Crippen molar-refractivity contribution in [2.24, 2.45) is 5.73 Å². The van der Waals surface area contributed by atoms with Gasteiger partial charge in [-0.2, -0.15) is 0 Å². The number of primary amides is 1. The smallest absolute Gasteiger partial charge is 0.237 e. The van der Waals surface area contributed by atoms with Gasteiger partial charge in [-0.1, -0.05) is 0 Å². The number of likely N-dealkylation sites (N-methyl/N-ethyl adjacent to an activating group) is 1. The van der Waals surface area contributed by atoms with Gasteiger partial charge in [-0.05, 0) is 20.4 Å². The quantitative estimate of drug-likeness (QED) is 0.523. The van der Waals surface area contributed by atoms with Crippen molar-refractivity contribution >= 4 is 5.91 Å². The molecule has 14 heavy (non-hydrogen) atoms. The van der Waals surface area contributed by atoms with Gasteiger partial charge in [0.1, 0.15) is 0 Å². The van der Waals surface area contributed by atoms with Crippen LogP contribution in [0.2, 0.25) is 0 Å². The van der Waals surface area contributed by atoms with Gasteiger partial charge in [0.15, 0.2) is 0 Å². The molecule has 0 saturated carbocycles. The Labute approximate surface area is 84.9 Å². The van der Waals surface area contributed by atoms with Crippen LogP contribution in [0.4, 0.5) is 0 Å².